The maximum Gasteiger partial charge on any atom is 0.239 e. The van der Waals surface area contributed by atoms with E-state index in [1.807, 2.05) is 0 Å². The summed E-state index contributed by atoms with van der Waals surface area (Å²) in [5, 5.41) is 0. The van der Waals surface area contributed by atoms with Crippen LogP contribution in [0.1, 0.15) is 13.8 Å². The van der Waals surface area contributed by atoms with Gasteiger partial charge in [0, 0.05) is 14.0 Å². The summed E-state index contributed by atoms with van der Waals surface area (Å²) in [5.74, 6) is -0.649. The fraction of sp³-hybridized carbons (Fsp3) is 0.667. The molecule has 0 fully saturated rings. The highest BCUT2D eigenvalue weighted by Crippen LogP contribution is 1.93. The Morgan fingerprint density at radius 3 is 2.00 bits per heavy atom. The molecule has 0 aliphatic rings. The lowest BCUT2D eigenvalue weighted by Gasteiger charge is -2.19. The van der Waals surface area contributed by atoms with Crippen LogP contribution in [0.15, 0.2) is 0 Å². The lowest BCUT2D eigenvalue weighted by Crippen LogP contribution is -2.42. The van der Waals surface area contributed by atoms with Crippen LogP contribution in [0.5, 0.6) is 0 Å². The summed E-state index contributed by atoms with van der Waals surface area (Å²) < 4.78 is 0. The monoisotopic (exact) mass is 144 g/mol. The van der Waals surface area contributed by atoms with Crippen molar-refractivity contribution in [3.05, 3.63) is 0 Å². The van der Waals surface area contributed by atoms with Gasteiger partial charge in [0.05, 0.1) is 0 Å². The molecule has 0 radical (unpaired) electrons. The lowest BCUT2D eigenvalue weighted by atomic mass is 10.3. The highest BCUT2D eigenvalue weighted by Gasteiger charge is 2.15. The zero-order chi connectivity index (χ0) is 8.31. The molecule has 0 aromatic carbocycles. The van der Waals surface area contributed by atoms with Gasteiger partial charge in [0.1, 0.15) is 6.04 Å². The first-order chi connectivity index (χ1) is 4.46. The Labute approximate surface area is 60.0 Å². The van der Waals surface area contributed by atoms with Crippen molar-refractivity contribution in [2.45, 2.75) is 19.9 Å². The second-order valence-electron chi connectivity index (χ2n) is 2.21. The predicted octanol–water partition coefficient (Wildman–Crippen LogP) is -0.662. The van der Waals surface area contributed by atoms with Crippen molar-refractivity contribution >= 4 is 11.8 Å². The van der Waals surface area contributed by atoms with Crippen LogP contribution in [-0.2, 0) is 9.59 Å². The molecule has 0 aliphatic carbocycles. The van der Waals surface area contributed by atoms with Gasteiger partial charge < -0.3 is 10.6 Å². The van der Waals surface area contributed by atoms with E-state index < -0.39 is 11.9 Å². The average Bonchev–Trinajstić information content (AvgIpc) is 1.84. The molecule has 0 saturated carbocycles. The number of nitrogens with two attached hydrogens (primary N) is 1. The second kappa shape index (κ2) is 3.20. The van der Waals surface area contributed by atoms with Crippen molar-refractivity contribution in [2.75, 3.05) is 7.05 Å². The third kappa shape index (κ3) is 2.05. The number of hydrogen-bond donors (Lipinski definition) is 1. The fourth-order valence-electron chi connectivity index (χ4n) is 0.464. The molecule has 1 unspecified atom stereocenters. The minimum absolute atomic E-state index is 0.161. The van der Waals surface area contributed by atoms with Crippen LogP contribution in [0.4, 0.5) is 0 Å². The quantitative estimate of drug-likeness (QED) is 0.559. The highest BCUT2D eigenvalue weighted by atomic mass is 16.2. The van der Waals surface area contributed by atoms with Crippen LogP contribution in [-0.4, -0.2) is 29.8 Å². The number of rotatable bonds is 2. The standard InChI is InChI=1S/C6H12N2O2/c1-4(6(7)10)8(3)5(2)9/h4H,1-3H3,(H2,7,10). The van der Waals surface area contributed by atoms with E-state index in [2.05, 4.69) is 0 Å². The Bertz CT molecular complexity index is 138. The minimum atomic E-state index is -0.516. The van der Waals surface area contributed by atoms with E-state index in [0.29, 0.717) is 0 Å². The molecule has 0 saturated heterocycles. The number of carbonyl (C=O) groups is 2. The van der Waals surface area contributed by atoms with Gasteiger partial charge in [-0.3, -0.25) is 9.59 Å². The van der Waals surface area contributed by atoms with E-state index >= 15 is 0 Å². The maximum atomic E-state index is 10.6. The van der Waals surface area contributed by atoms with Crippen LogP contribution in [0.2, 0.25) is 0 Å². The number of nitrogens with zero attached hydrogens (tertiary/aromatic N) is 1. The Morgan fingerprint density at radius 2 is 1.90 bits per heavy atom. The number of carbonyl (C=O) groups excluding carboxylic acids is 2. The van der Waals surface area contributed by atoms with Crippen LogP contribution in [0, 0.1) is 0 Å². The third-order valence-corrected chi connectivity index (χ3v) is 1.49. The molecule has 10 heavy (non-hydrogen) atoms. The zero-order valence-electron chi connectivity index (χ0n) is 6.42. The first-order valence-corrected chi connectivity index (χ1v) is 2.99. The Hall–Kier alpha value is -1.06. The van der Waals surface area contributed by atoms with Crippen LogP contribution in [0.25, 0.3) is 0 Å². The number of amides is 2. The molecule has 58 valence electrons. The summed E-state index contributed by atoms with van der Waals surface area (Å²) in [6.45, 7) is 2.98. The van der Waals surface area contributed by atoms with Crippen molar-refractivity contribution in [3.63, 3.8) is 0 Å². The van der Waals surface area contributed by atoms with Gasteiger partial charge in [-0.25, -0.2) is 0 Å². The molecule has 0 aliphatic heterocycles. The minimum Gasteiger partial charge on any atom is -0.368 e. The predicted molar refractivity (Wildman–Crippen MR) is 37.1 cm³/mol. The van der Waals surface area contributed by atoms with Gasteiger partial charge in [0.15, 0.2) is 0 Å². The Morgan fingerprint density at radius 1 is 1.50 bits per heavy atom. The van der Waals surface area contributed by atoms with Crippen molar-refractivity contribution in [2.24, 2.45) is 5.73 Å². The van der Waals surface area contributed by atoms with Gasteiger partial charge in [0.25, 0.3) is 0 Å². The lowest BCUT2D eigenvalue weighted by molar-refractivity contribution is -0.135. The smallest absolute Gasteiger partial charge is 0.239 e. The van der Waals surface area contributed by atoms with E-state index in [1.165, 1.54) is 18.9 Å². The molecule has 1 atom stereocenters. The molecule has 0 aromatic rings. The summed E-state index contributed by atoms with van der Waals surface area (Å²) in [4.78, 5) is 22.4. The summed E-state index contributed by atoms with van der Waals surface area (Å²) in [7, 11) is 1.54. The first kappa shape index (κ1) is 8.94. The van der Waals surface area contributed by atoms with Gasteiger partial charge in [-0.2, -0.15) is 0 Å². The summed E-state index contributed by atoms with van der Waals surface area (Å²) in [6.07, 6.45) is 0. The van der Waals surface area contributed by atoms with Crippen LogP contribution in [0.3, 0.4) is 0 Å². The molecular weight excluding hydrogens is 132 g/mol. The molecule has 0 rings (SSSR count). The van der Waals surface area contributed by atoms with Crippen LogP contribution >= 0.6 is 0 Å². The molecule has 4 nitrogen and oxygen atoms in total. The van der Waals surface area contributed by atoms with Gasteiger partial charge in [0.2, 0.25) is 11.8 Å². The summed E-state index contributed by atoms with van der Waals surface area (Å²) >= 11 is 0. The second-order valence-corrected chi connectivity index (χ2v) is 2.21. The van der Waals surface area contributed by atoms with Gasteiger partial charge in [-0.1, -0.05) is 0 Å². The normalized spacial score (nSPS) is 12.3. The molecule has 0 spiro atoms. The van der Waals surface area contributed by atoms with Gasteiger partial charge >= 0.3 is 0 Å². The number of likely N-dealkylation sites (N-methyl/N-ethyl adjacent to an activating group) is 1. The Kier molecular flexibility index (Phi) is 2.86. The van der Waals surface area contributed by atoms with E-state index in [-0.39, 0.29) is 5.91 Å². The van der Waals surface area contributed by atoms with E-state index in [1.54, 1.807) is 6.92 Å². The van der Waals surface area contributed by atoms with E-state index in [0.717, 1.165) is 0 Å². The summed E-state index contributed by atoms with van der Waals surface area (Å²) in [5.41, 5.74) is 4.94. The Balaban J connectivity index is 4.07. The largest absolute Gasteiger partial charge is 0.368 e. The number of hydrogen-bond acceptors (Lipinski definition) is 2. The van der Waals surface area contributed by atoms with Crippen molar-refractivity contribution in [1.82, 2.24) is 4.90 Å². The summed E-state index contributed by atoms with van der Waals surface area (Å²) in [6, 6.07) is -0.516. The van der Waals surface area contributed by atoms with Crippen molar-refractivity contribution in [1.29, 1.82) is 0 Å². The first-order valence-electron chi connectivity index (χ1n) is 2.99. The molecular formula is C6H12N2O2. The fourth-order valence-corrected chi connectivity index (χ4v) is 0.464. The van der Waals surface area contributed by atoms with Gasteiger partial charge in [-0.05, 0) is 6.92 Å². The molecule has 0 aromatic heterocycles. The van der Waals surface area contributed by atoms with E-state index in [4.69, 9.17) is 5.73 Å². The molecule has 2 amide bonds. The molecule has 0 bridgehead atoms. The van der Waals surface area contributed by atoms with Crippen molar-refractivity contribution < 1.29 is 9.59 Å². The van der Waals surface area contributed by atoms with Crippen molar-refractivity contribution in [3.8, 4) is 0 Å². The zero-order valence-corrected chi connectivity index (χ0v) is 6.42. The number of primary amides is 1. The van der Waals surface area contributed by atoms with Crippen LogP contribution < -0.4 is 5.73 Å². The molecule has 4 heteroatoms. The molecule has 0 heterocycles. The average molecular weight is 144 g/mol. The topological polar surface area (TPSA) is 63.4 Å². The molecule has 2 N–H and O–H groups in total. The third-order valence-electron chi connectivity index (χ3n) is 1.49. The highest BCUT2D eigenvalue weighted by molar-refractivity contribution is 5.85. The van der Waals surface area contributed by atoms with Gasteiger partial charge in [-0.15, -0.1) is 0 Å². The van der Waals surface area contributed by atoms with E-state index in [9.17, 15) is 9.59 Å². The maximum absolute atomic E-state index is 10.6. The SMILES string of the molecule is CC(=O)N(C)C(C)C(N)=O.